The zero-order valence-corrected chi connectivity index (χ0v) is 10.5. The molecule has 1 atom stereocenters. The Labute approximate surface area is 106 Å². The summed E-state index contributed by atoms with van der Waals surface area (Å²) < 4.78 is 0. The fraction of sp³-hybridized carbons (Fsp3) is 0.538. The van der Waals surface area contributed by atoms with Crippen molar-refractivity contribution >= 4 is 11.4 Å². The lowest BCUT2D eigenvalue weighted by Crippen LogP contribution is -2.28. The van der Waals surface area contributed by atoms with Gasteiger partial charge in [0.05, 0.1) is 10.5 Å². The summed E-state index contributed by atoms with van der Waals surface area (Å²) in [5, 5.41) is 20.8. The van der Waals surface area contributed by atoms with Gasteiger partial charge >= 0.3 is 0 Å². The van der Waals surface area contributed by atoms with Crippen molar-refractivity contribution in [1.82, 2.24) is 0 Å². The third-order valence-electron chi connectivity index (χ3n) is 3.47. The Hall–Kier alpha value is -1.62. The number of hydrogen-bond donors (Lipinski definition) is 1. The Kier molecular flexibility index (Phi) is 3.52. The predicted molar refractivity (Wildman–Crippen MR) is 69.8 cm³/mol. The molecule has 1 N–H and O–H groups in total. The Morgan fingerprint density at radius 3 is 2.89 bits per heavy atom. The van der Waals surface area contributed by atoms with E-state index < -0.39 is 5.60 Å². The summed E-state index contributed by atoms with van der Waals surface area (Å²) in [5.74, 6) is 0. The molecule has 1 fully saturated rings. The van der Waals surface area contributed by atoms with Crippen LogP contribution in [0.2, 0.25) is 0 Å². The molecule has 5 nitrogen and oxygen atoms in total. The number of anilines is 1. The van der Waals surface area contributed by atoms with E-state index in [1.807, 2.05) is 13.0 Å². The molecule has 0 saturated carbocycles. The van der Waals surface area contributed by atoms with E-state index in [2.05, 4.69) is 4.90 Å². The van der Waals surface area contributed by atoms with E-state index in [-0.39, 0.29) is 10.6 Å². The smallest absolute Gasteiger partial charge is 0.271 e. The Bertz CT molecular complexity index is 446. The monoisotopic (exact) mass is 250 g/mol. The van der Waals surface area contributed by atoms with E-state index in [1.165, 1.54) is 6.07 Å². The first kappa shape index (κ1) is 12.8. The van der Waals surface area contributed by atoms with E-state index in [4.69, 9.17) is 0 Å². The molecule has 1 unspecified atom stereocenters. The first-order valence-corrected chi connectivity index (χ1v) is 6.20. The molecule has 0 radical (unpaired) electrons. The van der Waals surface area contributed by atoms with Crippen LogP contribution in [0.3, 0.4) is 0 Å². The summed E-state index contributed by atoms with van der Waals surface area (Å²) in [6.07, 6.45) is 2.36. The lowest BCUT2D eigenvalue weighted by molar-refractivity contribution is -0.384. The number of aliphatic hydroxyl groups is 1. The van der Waals surface area contributed by atoms with Crippen LogP contribution in [-0.2, 0) is 0 Å². The van der Waals surface area contributed by atoms with Gasteiger partial charge in [-0.1, -0.05) is 6.07 Å². The lowest BCUT2D eigenvalue weighted by atomic mass is 9.98. The topological polar surface area (TPSA) is 66.6 Å². The van der Waals surface area contributed by atoms with Crippen molar-refractivity contribution in [3.8, 4) is 0 Å². The molecular formula is C13H18N2O3. The second kappa shape index (κ2) is 4.94. The predicted octanol–water partition coefficient (Wildman–Crippen LogP) is 2.34. The molecule has 0 spiro atoms. The van der Waals surface area contributed by atoms with Gasteiger partial charge in [-0.05, 0) is 32.3 Å². The summed E-state index contributed by atoms with van der Waals surface area (Å²) in [6, 6.07) is 6.68. The largest absolute Gasteiger partial charge is 0.390 e. The van der Waals surface area contributed by atoms with Gasteiger partial charge < -0.3 is 10.0 Å². The number of nitrogens with zero attached hydrogens (tertiary/aromatic N) is 2. The van der Waals surface area contributed by atoms with Crippen LogP contribution in [0.25, 0.3) is 0 Å². The minimum Gasteiger partial charge on any atom is -0.390 e. The number of hydrogen-bond acceptors (Lipinski definition) is 4. The van der Waals surface area contributed by atoms with Gasteiger partial charge in [0.2, 0.25) is 0 Å². The fourth-order valence-corrected chi connectivity index (χ4v) is 2.32. The van der Waals surface area contributed by atoms with Crippen molar-refractivity contribution in [2.75, 3.05) is 18.0 Å². The molecule has 1 aliphatic rings. The highest BCUT2D eigenvalue weighted by Gasteiger charge is 2.25. The quantitative estimate of drug-likeness (QED) is 0.646. The minimum atomic E-state index is -0.616. The number of non-ortho nitro benzene ring substituents is 1. The minimum absolute atomic E-state index is 0.114. The second-order valence-corrected chi connectivity index (χ2v) is 5.11. The summed E-state index contributed by atoms with van der Waals surface area (Å²) in [6.45, 7) is 3.41. The van der Waals surface area contributed by atoms with Gasteiger partial charge in [0.1, 0.15) is 0 Å². The summed E-state index contributed by atoms with van der Waals surface area (Å²) >= 11 is 0. The molecule has 5 heteroatoms. The third-order valence-corrected chi connectivity index (χ3v) is 3.47. The Morgan fingerprint density at radius 2 is 2.17 bits per heavy atom. The maximum absolute atomic E-state index is 10.8. The van der Waals surface area contributed by atoms with E-state index in [0.717, 1.165) is 31.6 Å². The molecular weight excluding hydrogens is 232 g/mol. The van der Waals surface area contributed by atoms with Crippen LogP contribution in [0.5, 0.6) is 0 Å². The number of benzene rings is 1. The number of nitro groups is 1. The van der Waals surface area contributed by atoms with Gasteiger partial charge in [0.15, 0.2) is 0 Å². The Balaban J connectivity index is 2.16. The molecule has 18 heavy (non-hydrogen) atoms. The van der Waals surface area contributed by atoms with Gasteiger partial charge in [0.25, 0.3) is 5.69 Å². The second-order valence-electron chi connectivity index (χ2n) is 5.11. The zero-order chi connectivity index (χ0) is 13.2. The van der Waals surface area contributed by atoms with Crippen molar-refractivity contribution in [1.29, 1.82) is 0 Å². The molecule has 1 saturated heterocycles. The van der Waals surface area contributed by atoms with Gasteiger partial charge in [-0.25, -0.2) is 0 Å². The van der Waals surface area contributed by atoms with Crippen molar-refractivity contribution in [3.63, 3.8) is 0 Å². The standard InChI is InChI=1S/C13H18N2O3/c1-13(16)6-3-8-14(9-7-13)11-4-2-5-12(10-11)15(17)18/h2,4-5,10,16H,3,6-9H2,1H3. The molecule has 0 bridgehead atoms. The summed E-state index contributed by atoms with van der Waals surface area (Å²) in [5.41, 5.74) is 0.362. The number of nitro benzene ring substituents is 1. The maximum Gasteiger partial charge on any atom is 0.271 e. The molecule has 1 aromatic rings. The normalized spacial score (nSPS) is 24.7. The number of rotatable bonds is 2. The highest BCUT2D eigenvalue weighted by molar-refractivity contribution is 5.53. The first-order chi connectivity index (χ1) is 8.48. The summed E-state index contributed by atoms with van der Waals surface area (Å²) in [4.78, 5) is 12.5. The van der Waals surface area contributed by atoms with Crippen LogP contribution in [0.15, 0.2) is 24.3 Å². The molecule has 0 amide bonds. The molecule has 2 rings (SSSR count). The van der Waals surface area contributed by atoms with Crippen LogP contribution in [0.1, 0.15) is 26.2 Å². The molecule has 1 aliphatic heterocycles. The average molecular weight is 250 g/mol. The summed E-state index contributed by atoms with van der Waals surface area (Å²) in [7, 11) is 0. The average Bonchev–Trinajstić information content (AvgIpc) is 2.50. The van der Waals surface area contributed by atoms with Crippen LogP contribution in [-0.4, -0.2) is 28.7 Å². The molecule has 0 aromatic heterocycles. The molecule has 0 aliphatic carbocycles. The van der Waals surface area contributed by atoms with Gasteiger partial charge in [-0.3, -0.25) is 10.1 Å². The fourth-order valence-electron chi connectivity index (χ4n) is 2.32. The molecule has 98 valence electrons. The Morgan fingerprint density at radius 1 is 1.39 bits per heavy atom. The van der Waals surface area contributed by atoms with E-state index in [9.17, 15) is 15.2 Å². The van der Waals surface area contributed by atoms with Crippen LogP contribution < -0.4 is 4.90 Å². The van der Waals surface area contributed by atoms with Crippen molar-refractivity contribution in [2.24, 2.45) is 0 Å². The van der Waals surface area contributed by atoms with Crippen LogP contribution >= 0.6 is 0 Å². The van der Waals surface area contributed by atoms with Crippen molar-refractivity contribution < 1.29 is 10.0 Å². The van der Waals surface area contributed by atoms with Crippen molar-refractivity contribution in [2.45, 2.75) is 31.8 Å². The van der Waals surface area contributed by atoms with Crippen molar-refractivity contribution in [3.05, 3.63) is 34.4 Å². The van der Waals surface area contributed by atoms with Gasteiger partial charge in [0, 0.05) is 30.9 Å². The SMILES string of the molecule is CC1(O)CCCN(c2cccc([N+](=O)[O-])c2)CC1. The van der Waals surface area contributed by atoms with E-state index in [1.54, 1.807) is 12.1 Å². The van der Waals surface area contributed by atoms with Gasteiger partial charge in [-0.15, -0.1) is 0 Å². The maximum atomic E-state index is 10.8. The van der Waals surface area contributed by atoms with Crippen LogP contribution in [0.4, 0.5) is 11.4 Å². The highest BCUT2D eigenvalue weighted by atomic mass is 16.6. The van der Waals surface area contributed by atoms with Gasteiger partial charge in [-0.2, -0.15) is 0 Å². The highest BCUT2D eigenvalue weighted by Crippen LogP contribution is 2.27. The van der Waals surface area contributed by atoms with E-state index in [0.29, 0.717) is 6.42 Å². The zero-order valence-electron chi connectivity index (χ0n) is 10.5. The third kappa shape index (κ3) is 2.98. The molecule has 1 aromatic carbocycles. The lowest BCUT2D eigenvalue weighted by Gasteiger charge is -2.24. The van der Waals surface area contributed by atoms with E-state index >= 15 is 0 Å². The first-order valence-electron chi connectivity index (χ1n) is 6.20. The molecule has 1 heterocycles. The van der Waals surface area contributed by atoms with Crippen LogP contribution in [0, 0.1) is 10.1 Å².